The fourth-order valence-corrected chi connectivity index (χ4v) is 0.304. The van der Waals surface area contributed by atoms with Crippen molar-refractivity contribution in [1.29, 1.82) is 0 Å². The molecule has 0 heterocycles. The topological polar surface area (TPSA) is 43.1 Å². The molecule has 0 aromatic carbocycles. The van der Waals surface area contributed by atoms with Crippen LogP contribution < -0.4 is 5.73 Å². The van der Waals surface area contributed by atoms with E-state index in [1.165, 1.54) is 0 Å². The molecule has 0 saturated carbocycles. The zero-order valence-electron chi connectivity index (χ0n) is 4.26. The Bertz CT molecular complexity index is 45.3. The summed E-state index contributed by atoms with van der Waals surface area (Å²) in [5.41, 5.74) is 5.12. The highest BCUT2D eigenvalue weighted by molar-refractivity contribution is 5.50. The molecule has 41 valence electrons. The highest BCUT2D eigenvalue weighted by Crippen LogP contribution is 1.85. The zero-order chi connectivity index (χ0) is 5.54. The van der Waals surface area contributed by atoms with Gasteiger partial charge in [-0.3, -0.25) is 0 Å². The quantitative estimate of drug-likeness (QED) is 0.403. The molecule has 0 spiro atoms. The van der Waals surface area contributed by atoms with Gasteiger partial charge < -0.3 is 10.5 Å². The maximum absolute atomic E-state index is 9.61. The van der Waals surface area contributed by atoms with Gasteiger partial charge in [-0.05, 0) is 19.4 Å². The highest BCUT2D eigenvalue weighted by atomic mass is 16.1. The second kappa shape index (κ2) is 5.63. The smallest absolute Gasteiger partial charge is 0.120 e. The minimum atomic E-state index is 0.539. The van der Waals surface area contributed by atoms with Crippen LogP contribution in [0.3, 0.4) is 0 Å². The number of unbranched alkanes of at least 4 members (excludes halogenated alkanes) is 2. The third-order valence-corrected chi connectivity index (χ3v) is 0.634. The summed E-state index contributed by atoms with van der Waals surface area (Å²) in [5, 5.41) is 0. The largest absolute Gasteiger partial charge is 0.330 e. The number of hydrogen-bond acceptors (Lipinski definition) is 2. The van der Waals surface area contributed by atoms with Crippen molar-refractivity contribution in [3.8, 4) is 0 Å². The summed E-state index contributed by atoms with van der Waals surface area (Å²) >= 11 is 0. The van der Waals surface area contributed by atoms with Gasteiger partial charge in [0.1, 0.15) is 6.29 Å². The predicted molar refractivity (Wildman–Crippen MR) is 28.7 cm³/mol. The van der Waals surface area contributed by atoms with Crippen LogP contribution in [0.1, 0.15) is 12.8 Å². The molecule has 2 heteroatoms. The van der Waals surface area contributed by atoms with E-state index in [0.717, 1.165) is 12.7 Å². The van der Waals surface area contributed by atoms with E-state index in [1.807, 2.05) is 6.42 Å². The Morgan fingerprint density at radius 3 is 2.71 bits per heavy atom. The van der Waals surface area contributed by atoms with Crippen molar-refractivity contribution in [2.24, 2.45) is 5.73 Å². The van der Waals surface area contributed by atoms with E-state index in [-0.39, 0.29) is 0 Å². The van der Waals surface area contributed by atoms with E-state index in [9.17, 15) is 4.79 Å². The summed E-state index contributed by atoms with van der Waals surface area (Å²) < 4.78 is 0. The number of rotatable bonds is 4. The molecule has 2 N–H and O–H groups in total. The monoisotopic (exact) mass is 100 g/mol. The lowest BCUT2D eigenvalue weighted by Gasteiger charge is -1.85. The number of aldehydes is 1. The number of carbonyl (C=O) groups excluding carboxylic acids is 1. The van der Waals surface area contributed by atoms with E-state index in [2.05, 4.69) is 0 Å². The molecule has 7 heavy (non-hydrogen) atoms. The molecule has 0 aromatic rings. The average molecular weight is 100 g/mol. The third-order valence-electron chi connectivity index (χ3n) is 0.634. The van der Waals surface area contributed by atoms with Crippen molar-refractivity contribution in [3.63, 3.8) is 0 Å². The normalized spacial score (nSPS) is 8.71. The molecule has 0 aromatic heterocycles. The third kappa shape index (κ3) is 5.63. The predicted octanol–water partition coefficient (Wildman–Crippen LogP) is 0.128. The van der Waals surface area contributed by atoms with Crippen LogP contribution in [0.4, 0.5) is 0 Å². The molecule has 0 amide bonds. The van der Waals surface area contributed by atoms with Crippen LogP contribution in [-0.4, -0.2) is 12.8 Å². The van der Waals surface area contributed by atoms with Gasteiger partial charge in [-0.15, -0.1) is 0 Å². The van der Waals surface area contributed by atoms with Gasteiger partial charge in [-0.1, -0.05) is 0 Å². The maximum atomic E-state index is 9.61. The summed E-state index contributed by atoms with van der Waals surface area (Å²) in [5.74, 6) is 0. The van der Waals surface area contributed by atoms with Crippen LogP contribution in [0.25, 0.3) is 0 Å². The lowest BCUT2D eigenvalue weighted by molar-refractivity contribution is -0.107. The Kier molecular flexibility index (Phi) is 5.33. The van der Waals surface area contributed by atoms with Gasteiger partial charge in [-0.2, -0.15) is 0 Å². The highest BCUT2D eigenvalue weighted by Gasteiger charge is 1.80. The fourth-order valence-electron chi connectivity index (χ4n) is 0.304. The Balaban J connectivity index is 2.56. The Labute approximate surface area is 43.7 Å². The lowest BCUT2D eigenvalue weighted by atomic mass is 10.2. The molecule has 0 aliphatic rings. The van der Waals surface area contributed by atoms with Gasteiger partial charge in [-0.25, -0.2) is 0 Å². The van der Waals surface area contributed by atoms with Crippen LogP contribution in [-0.2, 0) is 4.79 Å². The zero-order valence-corrected chi connectivity index (χ0v) is 4.26. The Morgan fingerprint density at radius 2 is 2.29 bits per heavy atom. The summed E-state index contributed by atoms with van der Waals surface area (Å²) in [7, 11) is 0. The van der Waals surface area contributed by atoms with Gasteiger partial charge in [0.15, 0.2) is 0 Å². The molecule has 0 unspecified atom stereocenters. The molecule has 0 aliphatic carbocycles. The van der Waals surface area contributed by atoms with E-state index < -0.39 is 0 Å². The summed E-state index contributed by atoms with van der Waals surface area (Å²) in [6, 6.07) is 0. The van der Waals surface area contributed by atoms with Gasteiger partial charge in [0, 0.05) is 6.42 Å². The average Bonchev–Trinajstić information content (AvgIpc) is 1.69. The van der Waals surface area contributed by atoms with E-state index in [4.69, 9.17) is 5.73 Å². The minimum absolute atomic E-state index is 0.539. The molecule has 0 bridgehead atoms. The molecule has 0 saturated heterocycles. The molecule has 0 fully saturated rings. The first kappa shape index (κ1) is 6.63. The van der Waals surface area contributed by atoms with Crippen LogP contribution in [0.2, 0.25) is 0 Å². The SMILES string of the molecule is NCC[CH]CC=O. The molecular weight excluding hydrogens is 90.1 g/mol. The molecule has 0 aliphatic heterocycles. The van der Waals surface area contributed by atoms with Crippen LogP contribution in [0.5, 0.6) is 0 Å². The first-order valence-corrected chi connectivity index (χ1v) is 2.37. The minimum Gasteiger partial charge on any atom is -0.330 e. The Hall–Kier alpha value is -0.370. The molecular formula is C5H10NO. The first-order valence-electron chi connectivity index (χ1n) is 2.37. The van der Waals surface area contributed by atoms with Crippen molar-refractivity contribution in [1.82, 2.24) is 0 Å². The van der Waals surface area contributed by atoms with E-state index in [0.29, 0.717) is 13.0 Å². The van der Waals surface area contributed by atoms with Crippen molar-refractivity contribution < 1.29 is 4.79 Å². The van der Waals surface area contributed by atoms with Crippen molar-refractivity contribution in [2.45, 2.75) is 12.8 Å². The van der Waals surface area contributed by atoms with E-state index >= 15 is 0 Å². The van der Waals surface area contributed by atoms with Crippen molar-refractivity contribution >= 4 is 6.29 Å². The van der Waals surface area contributed by atoms with Crippen LogP contribution in [0.15, 0.2) is 0 Å². The van der Waals surface area contributed by atoms with E-state index in [1.54, 1.807) is 0 Å². The standard InChI is InChI=1S/C5H10NO/c6-4-2-1-3-5-7/h1,5H,2-4,6H2. The fraction of sp³-hybridized carbons (Fsp3) is 0.600. The lowest BCUT2D eigenvalue weighted by Crippen LogP contribution is -1.97. The maximum Gasteiger partial charge on any atom is 0.120 e. The first-order chi connectivity index (χ1) is 3.41. The van der Waals surface area contributed by atoms with Gasteiger partial charge in [0.05, 0.1) is 0 Å². The number of carbonyl (C=O) groups is 1. The number of hydrogen-bond donors (Lipinski definition) is 1. The summed E-state index contributed by atoms with van der Waals surface area (Å²) in [4.78, 5) is 9.61. The van der Waals surface area contributed by atoms with Crippen molar-refractivity contribution in [3.05, 3.63) is 6.42 Å². The summed E-state index contributed by atoms with van der Waals surface area (Å²) in [6.07, 6.45) is 4.12. The number of nitrogens with two attached hydrogens (primary N) is 1. The Morgan fingerprint density at radius 1 is 1.57 bits per heavy atom. The molecule has 2 nitrogen and oxygen atoms in total. The molecule has 1 radical (unpaired) electrons. The van der Waals surface area contributed by atoms with Gasteiger partial charge in [0.25, 0.3) is 0 Å². The molecule has 0 atom stereocenters. The van der Waals surface area contributed by atoms with Crippen LogP contribution >= 0.6 is 0 Å². The molecule has 0 rings (SSSR count). The van der Waals surface area contributed by atoms with Crippen LogP contribution in [0, 0.1) is 6.42 Å². The summed E-state index contributed by atoms with van der Waals surface area (Å²) in [6.45, 7) is 0.647. The van der Waals surface area contributed by atoms with Crippen molar-refractivity contribution in [2.75, 3.05) is 6.54 Å². The second-order valence-electron chi connectivity index (χ2n) is 1.27. The van der Waals surface area contributed by atoms with Gasteiger partial charge >= 0.3 is 0 Å². The van der Waals surface area contributed by atoms with Gasteiger partial charge in [0.2, 0.25) is 0 Å². The second-order valence-corrected chi connectivity index (χ2v) is 1.27.